The van der Waals surface area contributed by atoms with E-state index in [0.717, 1.165) is 0 Å². The molecule has 1 heteroatoms. The van der Waals surface area contributed by atoms with Gasteiger partial charge in [-0.3, -0.25) is 0 Å². The first-order valence-corrected chi connectivity index (χ1v) is 7.15. The third-order valence-corrected chi connectivity index (χ3v) is 4.83. The Kier molecular flexibility index (Phi) is 3.18. The normalized spacial score (nSPS) is 24.2. The Morgan fingerprint density at radius 1 is 1.44 bits per heavy atom. The van der Waals surface area contributed by atoms with Gasteiger partial charge < -0.3 is 0 Å². The smallest absolute Gasteiger partial charge is 0.0406 e. The molecule has 1 aliphatic rings. The van der Waals surface area contributed by atoms with Crippen molar-refractivity contribution in [3.8, 4) is 0 Å². The molecule has 2 unspecified atom stereocenters. The maximum absolute atomic E-state index is 3.82. The lowest BCUT2D eigenvalue weighted by molar-refractivity contribution is 0.521. The predicted molar refractivity (Wildman–Crippen MR) is 74.5 cm³/mol. The van der Waals surface area contributed by atoms with Crippen LogP contribution in [0.2, 0.25) is 0 Å². The molecule has 0 heterocycles. The highest BCUT2D eigenvalue weighted by Crippen LogP contribution is 2.49. The number of benzene rings is 1. The van der Waals surface area contributed by atoms with E-state index in [2.05, 4.69) is 61.8 Å². The molecule has 16 heavy (non-hydrogen) atoms. The van der Waals surface area contributed by atoms with Gasteiger partial charge in [0.1, 0.15) is 0 Å². The first kappa shape index (κ1) is 12.2. The van der Waals surface area contributed by atoms with E-state index in [0.29, 0.717) is 16.2 Å². The number of rotatable bonds is 2. The lowest BCUT2D eigenvalue weighted by Crippen LogP contribution is -2.11. The van der Waals surface area contributed by atoms with Crippen LogP contribution in [0.15, 0.2) is 18.2 Å². The second-order valence-electron chi connectivity index (χ2n) is 5.71. The molecular weight excluding hydrogens is 260 g/mol. The second-order valence-corrected chi connectivity index (χ2v) is 6.82. The van der Waals surface area contributed by atoms with Gasteiger partial charge in [-0.2, -0.15) is 0 Å². The van der Waals surface area contributed by atoms with Crippen LogP contribution in [0.1, 0.15) is 68.0 Å². The summed E-state index contributed by atoms with van der Waals surface area (Å²) in [6, 6.07) is 7.08. The van der Waals surface area contributed by atoms with Crippen LogP contribution in [0, 0.1) is 0 Å². The van der Waals surface area contributed by atoms with Crippen molar-refractivity contribution in [2.45, 2.75) is 56.7 Å². The van der Waals surface area contributed by atoms with Crippen molar-refractivity contribution in [3.63, 3.8) is 0 Å². The van der Waals surface area contributed by atoms with Crippen molar-refractivity contribution >= 4 is 15.9 Å². The number of halogens is 1. The molecule has 0 saturated carbocycles. The molecular formula is C15H21Br. The van der Waals surface area contributed by atoms with Crippen molar-refractivity contribution in [3.05, 3.63) is 34.9 Å². The van der Waals surface area contributed by atoms with Crippen molar-refractivity contribution in [2.75, 3.05) is 0 Å². The van der Waals surface area contributed by atoms with Gasteiger partial charge in [0.2, 0.25) is 0 Å². The van der Waals surface area contributed by atoms with Crippen LogP contribution in [0.3, 0.4) is 0 Å². The van der Waals surface area contributed by atoms with Crippen LogP contribution >= 0.6 is 15.9 Å². The monoisotopic (exact) mass is 280 g/mol. The van der Waals surface area contributed by atoms with Crippen molar-refractivity contribution < 1.29 is 0 Å². The van der Waals surface area contributed by atoms with E-state index in [4.69, 9.17) is 0 Å². The molecule has 1 aromatic carbocycles. The molecule has 2 rings (SSSR count). The quantitative estimate of drug-likeness (QED) is 0.644. The minimum absolute atomic E-state index is 0.331. The fourth-order valence-electron chi connectivity index (χ4n) is 2.67. The van der Waals surface area contributed by atoms with Crippen molar-refractivity contribution in [1.29, 1.82) is 0 Å². The Morgan fingerprint density at radius 3 is 2.75 bits per heavy atom. The van der Waals surface area contributed by atoms with Gasteiger partial charge in [-0.15, -0.1) is 0 Å². The summed E-state index contributed by atoms with van der Waals surface area (Å²) in [5, 5.41) is 0. The molecule has 0 aromatic heterocycles. The molecule has 0 N–H and O–H groups in total. The summed E-state index contributed by atoms with van der Waals surface area (Å²) in [7, 11) is 0. The highest BCUT2D eigenvalue weighted by Gasteiger charge is 2.35. The number of fused-ring (bicyclic) bond motifs is 1. The molecule has 1 aromatic rings. The molecule has 1 aliphatic carbocycles. The van der Waals surface area contributed by atoms with Crippen LogP contribution < -0.4 is 0 Å². The van der Waals surface area contributed by atoms with E-state index in [-0.39, 0.29) is 0 Å². The van der Waals surface area contributed by atoms with Crippen LogP contribution in [0.25, 0.3) is 0 Å². The van der Waals surface area contributed by atoms with Crippen molar-refractivity contribution in [2.24, 2.45) is 0 Å². The fraction of sp³-hybridized carbons (Fsp3) is 0.600. The maximum atomic E-state index is 3.82. The third kappa shape index (κ3) is 1.95. The first-order chi connectivity index (χ1) is 7.45. The Labute approximate surface area is 108 Å². The summed E-state index contributed by atoms with van der Waals surface area (Å²) in [4.78, 5) is 0.543. The Morgan fingerprint density at radius 2 is 2.12 bits per heavy atom. The average molecular weight is 281 g/mol. The zero-order valence-electron chi connectivity index (χ0n) is 10.7. The summed E-state index contributed by atoms with van der Waals surface area (Å²) in [5.74, 6) is 0.675. The molecule has 0 radical (unpaired) electrons. The summed E-state index contributed by atoms with van der Waals surface area (Å²) < 4.78 is 0. The fourth-order valence-corrected chi connectivity index (χ4v) is 3.86. The van der Waals surface area contributed by atoms with E-state index in [1.807, 2.05) is 0 Å². The highest BCUT2D eigenvalue weighted by molar-refractivity contribution is 9.09. The average Bonchev–Trinajstić information content (AvgIpc) is 2.48. The maximum Gasteiger partial charge on any atom is 0.0406 e. The van der Waals surface area contributed by atoms with E-state index in [1.165, 1.54) is 29.5 Å². The molecule has 0 saturated heterocycles. The third-order valence-electron chi connectivity index (χ3n) is 4.01. The van der Waals surface area contributed by atoms with Gasteiger partial charge in [-0.05, 0) is 40.9 Å². The molecule has 0 bridgehead atoms. The standard InChI is InChI=1S/C15H21Br/c1-5-10(2)11-6-7-13-12(8-11)14(16)9-15(13,3)4/h6-8,10,14H,5,9H2,1-4H3. The zero-order chi connectivity index (χ0) is 11.9. The lowest BCUT2D eigenvalue weighted by atomic mass is 9.85. The highest BCUT2D eigenvalue weighted by atomic mass is 79.9. The molecule has 0 fully saturated rings. The van der Waals surface area contributed by atoms with Crippen LogP contribution in [0.4, 0.5) is 0 Å². The van der Waals surface area contributed by atoms with E-state index >= 15 is 0 Å². The predicted octanol–water partition coefficient (Wildman–Crippen LogP) is 5.32. The molecule has 0 nitrogen and oxygen atoms in total. The van der Waals surface area contributed by atoms with Gasteiger partial charge in [0, 0.05) is 4.83 Å². The van der Waals surface area contributed by atoms with Gasteiger partial charge in [-0.25, -0.2) is 0 Å². The zero-order valence-corrected chi connectivity index (χ0v) is 12.3. The van der Waals surface area contributed by atoms with E-state index in [1.54, 1.807) is 0 Å². The topological polar surface area (TPSA) is 0 Å². The summed E-state index contributed by atoms with van der Waals surface area (Å²) >= 11 is 3.82. The lowest BCUT2D eigenvalue weighted by Gasteiger charge is -2.19. The molecule has 0 spiro atoms. The van der Waals surface area contributed by atoms with Gasteiger partial charge in [0.05, 0.1) is 0 Å². The first-order valence-electron chi connectivity index (χ1n) is 6.24. The molecule has 2 atom stereocenters. The van der Waals surface area contributed by atoms with Crippen molar-refractivity contribution in [1.82, 2.24) is 0 Å². The summed E-state index contributed by atoms with van der Waals surface area (Å²) in [6.07, 6.45) is 2.43. The van der Waals surface area contributed by atoms with Crippen LogP contribution in [-0.2, 0) is 5.41 Å². The minimum atomic E-state index is 0.331. The van der Waals surface area contributed by atoms with E-state index in [9.17, 15) is 0 Å². The summed E-state index contributed by atoms with van der Waals surface area (Å²) in [6.45, 7) is 9.25. The SMILES string of the molecule is CCC(C)c1ccc2c(c1)C(Br)CC2(C)C. The Hall–Kier alpha value is -0.300. The van der Waals surface area contributed by atoms with Crippen LogP contribution in [-0.4, -0.2) is 0 Å². The van der Waals surface area contributed by atoms with Crippen LogP contribution in [0.5, 0.6) is 0 Å². The van der Waals surface area contributed by atoms with Gasteiger partial charge >= 0.3 is 0 Å². The minimum Gasteiger partial charge on any atom is -0.0838 e. The molecule has 88 valence electrons. The largest absolute Gasteiger partial charge is 0.0838 e. The van der Waals surface area contributed by atoms with E-state index < -0.39 is 0 Å². The van der Waals surface area contributed by atoms with Gasteiger partial charge in [0.25, 0.3) is 0 Å². The number of alkyl halides is 1. The summed E-state index contributed by atoms with van der Waals surface area (Å²) in [5.41, 5.74) is 4.87. The van der Waals surface area contributed by atoms with Gasteiger partial charge in [-0.1, -0.05) is 61.8 Å². The number of hydrogen-bond acceptors (Lipinski definition) is 0. The molecule has 0 aliphatic heterocycles. The Balaban J connectivity index is 2.44. The number of hydrogen-bond donors (Lipinski definition) is 0. The van der Waals surface area contributed by atoms with Gasteiger partial charge in [0.15, 0.2) is 0 Å². The molecule has 0 amide bonds. The Bertz CT molecular complexity index is 392. The second kappa shape index (κ2) is 4.18.